The van der Waals surface area contributed by atoms with Crippen molar-refractivity contribution in [2.75, 3.05) is 18.1 Å². The van der Waals surface area contributed by atoms with Crippen LogP contribution < -0.4 is 0 Å². The van der Waals surface area contributed by atoms with Crippen molar-refractivity contribution in [2.45, 2.75) is 43.9 Å². The van der Waals surface area contributed by atoms with Gasteiger partial charge < -0.3 is 14.6 Å². The van der Waals surface area contributed by atoms with Gasteiger partial charge in [0.15, 0.2) is 0 Å². The molecule has 1 N–H and O–H groups in total. The SMILES string of the molecule is CCSC(SCC)[C@H](OCc1ccccc1)[C@H](CO)OCc1ccccc1. The van der Waals surface area contributed by atoms with Crippen molar-refractivity contribution in [3.8, 4) is 0 Å². The van der Waals surface area contributed by atoms with Crippen LogP contribution in [0.2, 0.25) is 0 Å². The molecular weight excluding hydrogens is 376 g/mol. The zero-order valence-electron chi connectivity index (χ0n) is 16.1. The number of benzene rings is 2. The van der Waals surface area contributed by atoms with E-state index in [0.717, 1.165) is 22.6 Å². The highest BCUT2D eigenvalue weighted by Gasteiger charge is 2.31. The lowest BCUT2D eigenvalue weighted by Crippen LogP contribution is -2.41. The number of rotatable bonds is 13. The second-order valence-corrected chi connectivity index (χ2v) is 9.19. The minimum atomic E-state index is -0.364. The molecule has 148 valence electrons. The van der Waals surface area contributed by atoms with E-state index in [1.807, 2.05) is 72.1 Å². The van der Waals surface area contributed by atoms with E-state index >= 15 is 0 Å². The second kappa shape index (κ2) is 13.2. The van der Waals surface area contributed by atoms with Crippen LogP contribution in [0.15, 0.2) is 60.7 Å². The lowest BCUT2D eigenvalue weighted by Gasteiger charge is -2.32. The summed E-state index contributed by atoms with van der Waals surface area (Å²) in [5.74, 6) is 2.00. The molecule has 5 heteroatoms. The van der Waals surface area contributed by atoms with E-state index in [0.29, 0.717) is 13.2 Å². The standard InChI is InChI=1S/C22H30O3S2/c1-3-26-22(27-4-2)21(25-17-19-13-9-6-10-14-19)20(15-23)24-16-18-11-7-5-8-12-18/h5-14,20-23H,3-4,15-17H2,1-2H3/t20-,21+/m0/s1. The molecule has 27 heavy (non-hydrogen) atoms. The van der Waals surface area contributed by atoms with Gasteiger partial charge in [-0.15, -0.1) is 23.5 Å². The maximum absolute atomic E-state index is 10.0. The van der Waals surface area contributed by atoms with Crippen molar-refractivity contribution < 1.29 is 14.6 Å². The van der Waals surface area contributed by atoms with Crippen LogP contribution in [0.25, 0.3) is 0 Å². The number of ether oxygens (including phenoxy) is 2. The number of aliphatic hydroxyl groups is 1. The first-order valence-corrected chi connectivity index (χ1v) is 11.5. The Bertz CT molecular complexity index is 603. The van der Waals surface area contributed by atoms with Crippen LogP contribution >= 0.6 is 23.5 Å². The molecule has 0 saturated heterocycles. The minimum Gasteiger partial charge on any atom is -0.394 e. The summed E-state index contributed by atoms with van der Waals surface area (Å²) in [4.78, 5) is 0. The molecule has 0 bridgehead atoms. The smallest absolute Gasteiger partial charge is 0.109 e. The predicted molar refractivity (Wildman–Crippen MR) is 117 cm³/mol. The van der Waals surface area contributed by atoms with Crippen LogP contribution in [-0.2, 0) is 22.7 Å². The Kier molecular flexibility index (Phi) is 10.9. The molecule has 0 spiro atoms. The Balaban J connectivity index is 2.08. The Hall–Kier alpha value is -0.980. The lowest BCUT2D eigenvalue weighted by atomic mass is 10.2. The van der Waals surface area contributed by atoms with E-state index in [9.17, 15) is 5.11 Å². The van der Waals surface area contributed by atoms with E-state index in [1.165, 1.54) is 0 Å². The third-order valence-corrected chi connectivity index (χ3v) is 6.75. The Morgan fingerprint density at radius 3 is 1.70 bits per heavy atom. The zero-order valence-corrected chi connectivity index (χ0v) is 17.8. The molecule has 2 aromatic rings. The summed E-state index contributed by atoms with van der Waals surface area (Å²) in [5.41, 5.74) is 2.23. The van der Waals surface area contributed by atoms with Crippen molar-refractivity contribution in [3.05, 3.63) is 71.8 Å². The average Bonchev–Trinajstić information content (AvgIpc) is 2.72. The van der Waals surface area contributed by atoms with Gasteiger partial charge in [-0.3, -0.25) is 0 Å². The summed E-state index contributed by atoms with van der Waals surface area (Å²) >= 11 is 3.71. The van der Waals surface area contributed by atoms with Gasteiger partial charge in [-0.2, -0.15) is 0 Å². The van der Waals surface area contributed by atoms with Crippen molar-refractivity contribution in [1.82, 2.24) is 0 Å². The molecule has 0 unspecified atom stereocenters. The van der Waals surface area contributed by atoms with Gasteiger partial charge in [0.25, 0.3) is 0 Å². The summed E-state index contributed by atoms with van der Waals surface area (Å²) in [7, 11) is 0. The third-order valence-electron chi connectivity index (χ3n) is 4.07. The Morgan fingerprint density at radius 2 is 1.26 bits per heavy atom. The van der Waals surface area contributed by atoms with Crippen molar-refractivity contribution in [3.63, 3.8) is 0 Å². The molecule has 0 fully saturated rings. The predicted octanol–water partition coefficient (Wildman–Crippen LogP) is 4.98. The number of thioether (sulfide) groups is 2. The minimum absolute atomic E-state index is 0.0582. The quantitative estimate of drug-likeness (QED) is 0.475. The summed E-state index contributed by atoms with van der Waals surface area (Å²) < 4.78 is 12.6. The molecule has 0 aliphatic rings. The molecule has 2 aromatic carbocycles. The first kappa shape index (κ1) is 22.3. The normalized spacial score (nSPS) is 13.6. The van der Waals surface area contributed by atoms with Gasteiger partial charge in [0, 0.05) is 0 Å². The first-order valence-electron chi connectivity index (χ1n) is 9.43. The van der Waals surface area contributed by atoms with Gasteiger partial charge in [-0.1, -0.05) is 74.5 Å². The highest BCUT2D eigenvalue weighted by atomic mass is 32.2. The largest absolute Gasteiger partial charge is 0.394 e. The topological polar surface area (TPSA) is 38.7 Å². The molecule has 0 aromatic heterocycles. The lowest BCUT2D eigenvalue weighted by molar-refractivity contribution is -0.0969. The molecule has 2 atom stereocenters. The van der Waals surface area contributed by atoms with Gasteiger partial charge in [-0.05, 0) is 22.6 Å². The van der Waals surface area contributed by atoms with Crippen LogP contribution in [0.3, 0.4) is 0 Å². The van der Waals surface area contributed by atoms with Gasteiger partial charge in [0.1, 0.15) is 12.2 Å². The van der Waals surface area contributed by atoms with E-state index in [4.69, 9.17) is 9.47 Å². The molecule has 0 radical (unpaired) electrons. The van der Waals surface area contributed by atoms with Crippen molar-refractivity contribution in [1.29, 1.82) is 0 Å². The monoisotopic (exact) mass is 406 g/mol. The fourth-order valence-corrected chi connectivity index (χ4v) is 5.47. The van der Waals surface area contributed by atoms with Crippen LogP contribution in [0, 0.1) is 0 Å². The van der Waals surface area contributed by atoms with Crippen molar-refractivity contribution in [2.24, 2.45) is 0 Å². The molecular formula is C22H30O3S2. The summed E-state index contributed by atoms with van der Waals surface area (Å²) in [5, 5.41) is 10.0. The summed E-state index contributed by atoms with van der Waals surface area (Å²) in [6, 6.07) is 20.2. The van der Waals surface area contributed by atoms with Gasteiger partial charge in [-0.25, -0.2) is 0 Å². The van der Waals surface area contributed by atoms with Crippen molar-refractivity contribution >= 4 is 23.5 Å². The molecule has 2 rings (SSSR count). The molecule has 0 aliphatic heterocycles. The van der Waals surface area contributed by atoms with E-state index in [1.54, 1.807) is 0 Å². The fourth-order valence-electron chi connectivity index (χ4n) is 2.72. The molecule has 0 aliphatic carbocycles. The zero-order chi connectivity index (χ0) is 19.3. The molecule has 0 saturated carbocycles. The highest BCUT2D eigenvalue weighted by Crippen LogP contribution is 2.31. The second-order valence-electron chi connectivity index (χ2n) is 6.06. The Morgan fingerprint density at radius 1 is 0.778 bits per heavy atom. The fraction of sp³-hybridized carbons (Fsp3) is 0.455. The van der Waals surface area contributed by atoms with E-state index in [2.05, 4.69) is 26.0 Å². The maximum Gasteiger partial charge on any atom is 0.109 e. The van der Waals surface area contributed by atoms with Gasteiger partial charge in [0.2, 0.25) is 0 Å². The van der Waals surface area contributed by atoms with Gasteiger partial charge in [0.05, 0.1) is 24.4 Å². The molecule has 3 nitrogen and oxygen atoms in total. The maximum atomic E-state index is 10.0. The van der Waals surface area contributed by atoms with Crippen LogP contribution in [-0.4, -0.2) is 40.0 Å². The molecule has 0 heterocycles. The van der Waals surface area contributed by atoms with Gasteiger partial charge >= 0.3 is 0 Å². The van der Waals surface area contributed by atoms with Crippen LogP contribution in [0.5, 0.6) is 0 Å². The van der Waals surface area contributed by atoms with E-state index in [-0.39, 0.29) is 23.4 Å². The number of aliphatic hydroxyl groups excluding tert-OH is 1. The number of hydrogen-bond acceptors (Lipinski definition) is 5. The van der Waals surface area contributed by atoms with E-state index < -0.39 is 0 Å². The average molecular weight is 407 g/mol. The first-order chi connectivity index (χ1) is 13.3. The van der Waals surface area contributed by atoms with Crippen LogP contribution in [0.4, 0.5) is 0 Å². The number of hydrogen-bond donors (Lipinski definition) is 1. The highest BCUT2D eigenvalue weighted by molar-refractivity contribution is 8.17. The van der Waals surface area contributed by atoms with Crippen LogP contribution in [0.1, 0.15) is 25.0 Å². The Labute approximate surface area is 171 Å². The molecule has 0 amide bonds. The third kappa shape index (κ3) is 7.88. The summed E-state index contributed by atoms with van der Waals surface area (Å²) in [6.07, 6.45) is -0.550. The summed E-state index contributed by atoms with van der Waals surface area (Å²) in [6.45, 7) is 5.23.